The van der Waals surface area contributed by atoms with E-state index in [1.165, 1.54) is 37.8 Å². The monoisotopic (exact) mass is 420 g/mol. The molecular formula is C23H21BrN2O. The topological polar surface area (TPSA) is 48.8 Å². The third-order valence-electron chi connectivity index (χ3n) is 6.40. The van der Waals surface area contributed by atoms with E-state index in [0.717, 1.165) is 44.4 Å². The van der Waals surface area contributed by atoms with Crippen molar-refractivity contribution < 1.29 is 4.74 Å². The van der Waals surface area contributed by atoms with Gasteiger partial charge in [0.1, 0.15) is 0 Å². The van der Waals surface area contributed by atoms with Crippen molar-refractivity contribution in [2.45, 2.75) is 38.0 Å². The highest BCUT2D eigenvalue weighted by atomic mass is 79.9. The molecule has 4 heteroatoms. The van der Waals surface area contributed by atoms with Crippen molar-refractivity contribution in [3.63, 3.8) is 0 Å². The number of aryl methyl sites for hydroxylation is 1. The highest BCUT2D eigenvalue weighted by Crippen LogP contribution is 2.50. The van der Waals surface area contributed by atoms with E-state index >= 15 is 0 Å². The first-order valence-electron chi connectivity index (χ1n) is 9.61. The van der Waals surface area contributed by atoms with E-state index in [0.29, 0.717) is 5.56 Å². The number of halogens is 1. The van der Waals surface area contributed by atoms with E-state index < -0.39 is 0 Å². The van der Waals surface area contributed by atoms with Crippen LogP contribution in [0.1, 0.15) is 53.3 Å². The number of H-pyrrole nitrogens is 1. The Balaban J connectivity index is 1.81. The van der Waals surface area contributed by atoms with Gasteiger partial charge in [0.25, 0.3) is 0 Å². The lowest BCUT2D eigenvalue weighted by Gasteiger charge is -2.42. The molecule has 2 heterocycles. The van der Waals surface area contributed by atoms with E-state index in [-0.39, 0.29) is 5.41 Å². The second-order valence-electron chi connectivity index (χ2n) is 7.68. The van der Waals surface area contributed by atoms with Crippen molar-refractivity contribution in [1.29, 1.82) is 5.26 Å². The Morgan fingerprint density at radius 2 is 2.04 bits per heavy atom. The molecule has 0 radical (unpaired) electrons. The minimum atomic E-state index is -0.0163. The van der Waals surface area contributed by atoms with Gasteiger partial charge in [0.05, 0.1) is 11.6 Å². The number of aromatic amines is 1. The highest BCUT2D eigenvalue weighted by molar-refractivity contribution is 9.10. The summed E-state index contributed by atoms with van der Waals surface area (Å²) in [6, 6.07) is 13.0. The Hall–Kier alpha value is -2.09. The molecule has 27 heavy (non-hydrogen) atoms. The Morgan fingerprint density at radius 3 is 2.78 bits per heavy atom. The van der Waals surface area contributed by atoms with Crippen LogP contribution >= 0.6 is 15.9 Å². The van der Waals surface area contributed by atoms with Crippen LogP contribution in [0.15, 0.2) is 34.8 Å². The summed E-state index contributed by atoms with van der Waals surface area (Å²) in [6.07, 6.45) is 3.94. The molecule has 0 bridgehead atoms. The minimum Gasteiger partial charge on any atom is -0.381 e. The summed E-state index contributed by atoms with van der Waals surface area (Å²) in [6.45, 7) is 3.79. The number of aromatic nitrogens is 1. The average molecular weight is 421 g/mol. The van der Waals surface area contributed by atoms with Gasteiger partial charge >= 0.3 is 0 Å². The third-order valence-corrected chi connectivity index (χ3v) is 7.13. The van der Waals surface area contributed by atoms with E-state index in [1.54, 1.807) is 0 Å². The molecule has 1 aromatic heterocycles. The van der Waals surface area contributed by atoms with Gasteiger partial charge in [0.2, 0.25) is 0 Å². The Labute approximate surface area is 167 Å². The van der Waals surface area contributed by atoms with Crippen molar-refractivity contribution in [3.8, 4) is 6.07 Å². The predicted octanol–water partition coefficient (Wildman–Crippen LogP) is 5.37. The van der Waals surface area contributed by atoms with E-state index in [4.69, 9.17) is 4.74 Å². The number of hydrogen-bond donors (Lipinski definition) is 1. The van der Waals surface area contributed by atoms with Gasteiger partial charge in [0, 0.05) is 46.1 Å². The normalized spacial score (nSPS) is 17.5. The molecule has 1 fully saturated rings. The SMILES string of the molecule is CCc1cc2c(cc1Br)Cc1c([nH]c3cc(C#N)ccc13)C21CCOCC1. The molecule has 2 aromatic carbocycles. The number of benzene rings is 2. The third kappa shape index (κ3) is 2.42. The molecule has 136 valence electrons. The highest BCUT2D eigenvalue weighted by Gasteiger charge is 2.44. The summed E-state index contributed by atoms with van der Waals surface area (Å²) in [7, 11) is 0. The molecule has 1 spiro atoms. The van der Waals surface area contributed by atoms with Crippen molar-refractivity contribution in [3.05, 3.63) is 68.3 Å². The van der Waals surface area contributed by atoms with Gasteiger partial charge in [-0.15, -0.1) is 0 Å². The lowest BCUT2D eigenvalue weighted by Crippen LogP contribution is -2.39. The van der Waals surface area contributed by atoms with Crippen LogP contribution in [0.25, 0.3) is 10.9 Å². The smallest absolute Gasteiger partial charge is 0.0992 e. The number of nitrogens with one attached hydrogen (secondary N) is 1. The molecule has 1 aliphatic carbocycles. The van der Waals surface area contributed by atoms with Crippen LogP contribution in [0.5, 0.6) is 0 Å². The van der Waals surface area contributed by atoms with Crippen LogP contribution in [0, 0.1) is 11.3 Å². The summed E-state index contributed by atoms with van der Waals surface area (Å²) >= 11 is 3.78. The number of nitriles is 1. The van der Waals surface area contributed by atoms with Gasteiger partial charge in [-0.1, -0.05) is 35.0 Å². The lowest BCUT2D eigenvalue weighted by molar-refractivity contribution is 0.0609. The molecule has 0 atom stereocenters. The molecule has 0 amide bonds. The Kier molecular flexibility index (Phi) is 3.93. The first-order chi connectivity index (χ1) is 13.2. The number of nitrogens with zero attached hydrogens (tertiary/aromatic N) is 1. The summed E-state index contributed by atoms with van der Waals surface area (Å²) in [5.74, 6) is 0. The summed E-state index contributed by atoms with van der Waals surface area (Å²) in [4.78, 5) is 3.73. The standard InChI is InChI=1S/C23H21BrN2O/c1-2-15-11-19-16(12-20(15)24)10-18-17-4-3-14(13-25)9-21(17)26-22(18)23(19)5-7-27-8-6-23/h3-4,9,11-12,26H,2,5-8,10H2,1H3. The minimum absolute atomic E-state index is 0.0163. The molecule has 1 aliphatic heterocycles. The van der Waals surface area contributed by atoms with Gasteiger partial charge in [-0.05, 0) is 59.7 Å². The summed E-state index contributed by atoms with van der Waals surface area (Å²) in [5.41, 5.74) is 8.74. The number of ether oxygens (including phenoxy) is 1. The second-order valence-corrected chi connectivity index (χ2v) is 8.53. The maximum absolute atomic E-state index is 9.29. The van der Waals surface area contributed by atoms with Crippen molar-refractivity contribution >= 4 is 26.8 Å². The first-order valence-corrected chi connectivity index (χ1v) is 10.4. The van der Waals surface area contributed by atoms with Crippen LogP contribution in [-0.4, -0.2) is 18.2 Å². The summed E-state index contributed by atoms with van der Waals surface area (Å²) < 4.78 is 6.96. The lowest BCUT2D eigenvalue weighted by atomic mass is 9.65. The second kappa shape index (κ2) is 6.22. The van der Waals surface area contributed by atoms with Crippen LogP contribution in [0.4, 0.5) is 0 Å². The molecule has 5 rings (SSSR count). The van der Waals surface area contributed by atoms with Gasteiger partial charge in [0.15, 0.2) is 0 Å². The molecule has 0 unspecified atom stereocenters. The molecule has 1 saturated heterocycles. The Morgan fingerprint density at radius 1 is 1.22 bits per heavy atom. The average Bonchev–Trinajstić information content (AvgIpc) is 3.07. The van der Waals surface area contributed by atoms with Gasteiger partial charge in [-0.25, -0.2) is 0 Å². The Bertz CT molecular complexity index is 1100. The van der Waals surface area contributed by atoms with Crippen molar-refractivity contribution in [2.75, 3.05) is 13.2 Å². The number of rotatable bonds is 1. The zero-order chi connectivity index (χ0) is 18.6. The van der Waals surface area contributed by atoms with Crippen LogP contribution in [0.3, 0.4) is 0 Å². The fraction of sp³-hybridized carbons (Fsp3) is 0.348. The van der Waals surface area contributed by atoms with Gasteiger partial charge in [-0.3, -0.25) is 0 Å². The fourth-order valence-corrected chi connectivity index (χ4v) is 5.67. The maximum atomic E-state index is 9.29. The predicted molar refractivity (Wildman–Crippen MR) is 110 cm³/mol. The van der Waals surface area contributed by atoms with Crippen molar-refractivity contribution in [1.82, 2.24) is 4.98 Å². The quantitative estimate of drug-likeness (QED) is 0.575. The summed E-state index contributed by atoms with van der Waals surface area (Å²) in [5, 5.41) is 10.5. The van der Waals surface area contributed by atoms with E-state index in [2.05, 4.69) is 52.1 Å². The molecular weight excluding hydrogens is 400 g/mol. The van der Waals surface area contributed by atoms with Gasteiger partial charge < -0.3 is 9.72 Å². The van der Waals surface area contributed by atoms with E-state index in [1.807, 2.05) is 12.1 Å². The van der Waals surface area contributed by atoms with Crippen LogP contribution in [-0.2, 0) is 23.0 Å². The maximum Gasteiger partial charge on any atom is 0.0992 e. The van der Waals surface area contributed by atoms with Gasteiger partial charge in [-0.2, -0.15) is 5.26 Å². The van der Waals surface area contributed by atoms with Crippen molar-refractivity contribution in [2.24, 2.45) is 0 Å². The molecule has 3 nitrogen and oxygen atoms in total. The van der Waals surface area contributed by atoms with E-state index in [9.17, 15) is 5.26 Å². The zero-order valence-corrected chi connectivity index (χ0v) is 16.9. The number of hydrogen-bond acceptors (Lipinski definition) is 2. The largest absolute Gasteiger partial charge is 0.381 e. The fourth-order valence-electron chi connectivity index (χ4n) is 5.00. The zero-order valence-electron chi connectivity index (χ0n) is 15.4. The molecule has 0 saturated carbocycles. The molecule has 1 N–H and O–H groups in total. The first kappa shape index (κ1) is 17.0. The molecule has 3 aromatic rings. The van der Waals surface area contributed by atoms with Crippen LogP contribution < -0.4 is 0 Å². The number of fused-ring (bicyclic) bond motifs is 6. The molecule has 2 aliphatic rings. The van der Waals surface area contributed by atoms with Crippen LogP contribution in [0.2, 0.25) is 0 Å².